The zero-order valence-electron chi connectivity index (χ0n) is 10.1. The standard InChI is InChI=1S/C12H22N2O2/c1-2-7-14(10-3-4-10)11(15)12(13)5-8-16-9-6-12/h10H,2-9,13H2,1H3. The van der Waals surface area contributed by atoms with Gasteiger partial charge in [0, 0.05) is 25.8 Å². The first kappa shape index (κ1) is 11.9. The van der Waals surface area contributed by atoms with Crippen LogP contribution in [0.15, 0.2) is 0 Å². The van der Waals surface area contributed by atoms with Crippen molar-refractivity contribution in [2.24, 2.45) is 5.73 Å². The van der Waals surface area contributed by atoms with Crippen LogP contribution in [0.25, 0.3) is 0 Å². The number of hydrogen-bond acceptors (Lipinski definition) is 3. The first-order chi connectivity index (χ1) is 7.67. The maximum Gasteiger partial charge on any atom is 0.243 e. The topological polar surface area (TPSA) is 55.6 Å². The van der Waals surface area contributed by atoms with Gasteiger partial charge in [-0.05, 0) is 32.1 Å². The highest BCUT2D eigenvalue weighted by molar-refractivity contribution is 5.86. The molecule has 92 valence electrons. The molecule has 0 radical (unpaired) electrons. The molecule has 1 amide bonds. The molecule has 1 saturated carbocycles. The highest BCUT2D eigenvalue weighted by Crippen LogP contribution is 2.31. The molecule has 1 aliphatic carbocycles. The monoisotopic (exact) mass is 226 g/mol. The lowest BCUT2D eigenvalue weighted by atomic mass is 9.89. The Labute approximate surface area is 97.1 Å². The van der Waals surface area contributed by atoms with Gasteiger partial charge in [-0.1, -0.05) is 6.92 Å². The van der Waals surface area contributed by atoms with Crippen molar-refractivity contribution in [2.45, 2.75) is 50.6 Å². The summed E-state index contributed by atoms with van der Waals surface area (Å²) in [5.74, 6) is 0.153. The van der Waals surface area contributed by atoms with E-state index in [1.165, 1.54) is 0 Å². The number of carbonyl (C=O) groups is 1. The van der Waals surface area contributed by atoms with Crippen LogP contribution in [0.1, 0.15) is 39.0 Å². The average Bonchev–Trinajstić information content (AvgIpc) is 3.10. The van der Waals surface area contributed by atoms with Crippen LogP contribution in [0.2, 0.25) is 0 Å². The van der Waals surface area contributed by atoms with Gasteiger partial charge >= 0.3 is 0 Å². The Morgan fingerprint density at radius 3 is 2.56 bits per heavy atom. The summed E-state index contributed by atoms with van der Waals surface area (Å²) in [5.41, 5.74) is 5.57. The van der Waals surface area contributed by atoms with Crippen LogP contribution in [-0.4, -0.2) is 42.1 Å². The molecular formula is C12H22N2O2. The minimum absolute atomic E-state index is 0.153. The Kier molecular flexibility index (Phi) is 3.50. The largest absolute Gasteiger partial charge is 0.381 e. The number of carbonyl (C=O) groups excluding carboxylic acids is 1. The van der Waals surface area contributed by atoms with Crippen molar-refractivity contribution >= 4 is 5.91 Å². The van der Waals surface area contributed by atoms with Crippen molar-refractivity contribution in [3.05, 3.63) is 0 Å². The van der Waals surface area contributed by atoms with E-state index in [4.69, 9.17) is 10.5 Å². The van der Waals surface area contributed by atoms with E-state index >= 15 is 0 Å². The first-order valence-corrected chi connectivity index (χ1v) is 6.35. The van der Waals surface area contributed by atoms with Crippen LogP contribution in [0.4, 0.5) is 0 Å². The van der Waals surface area contributed by atoms with Gasteiger partial charge < -0.3 is 15.4 Å². The summed E-state index contributed by atoms with van der Waals surface area (Å²) in [7, 11) is 0. The van der Waals surface area contributed by atoms with Crippen LogP contribution in [-0.2, 0) is 9.53 Å². The highest BCUT2D eigenvalue weighted by Gasteiger charge is 2.43. The zero-order chi connectivity index (χ0) is 11.6. The van der Waals surface area contributed by atoms with Gasteiger partial charge in [0.25, 0.3) is 0 Å². The molecule has 0 aromatic carbocycles. The number of hydrogen-bond donors (Lipinski definition) is 1. The van der Waals surface area contributed by atoms with Gasteiger partial charge in [0.2, 0.25) is 5.91 Å². The minimum Gasteiger partial charge on any atom is -0.381 e. The van der Waals surface area contributed by atoms with Crippen molar-refractivity contribution < 1.29 is 9.53 Å². The number of nitrogens with zero attached hydrogens (tertiary/aromatic N) is 1. The molecule has 0 atom stereocenters. The second-order valence-electron chi connectivity index (χ2n) is 5.00. The fourth-order valence-corrected chi connectivity index (χ4v) is 2.31. The molecule has 2 aliphatic rings. The normalized spacial score (nSPS) is 24.1. The molecule has 0 unspecified atom stereocenters. The Morgan fingerprint density at radius 1 is 1.44 bits per heavy atom. The molecule has 2 rings (SSSR count). The fourth-order valence-electron chi connectivity index (χ4n) is 2.31. The predicted octanol–water partition coefficient (Wildman–Crippen LogP) is 0.895. The van der Waals surface area contributed by atoms with Crippen molar-refractivity contribution in [1.82, 2.24) is 4.90 Å². The van der Waals surface area contributed by atoms with Gasteiger partial charge in [-0.3, -0.25) is 4.79 Å². The van der Waals surface area contributed by atoms with Gasteiger partial charge in [-0.15, -0.1) is 0 Å². The summed E-state index contributed by atoms with van der Waals surface area (Å²) < 4.78 is 5.28. The predicted molar refractivity (Wildman–Crippen MR) is 62.0 cm³/mol. The number of nitrogens with two attached hydrogens (primary N) is 1. The van der Waals surface area contributed by atoms with E-state index in [2.05, 4.69) is 6.92 Å². The van der Waals surface area contributed by atoms with E-state index in [0.29, 0.717) is 32.1 Å². The smallest absolute Gasteiger partial charge is 0.243 e. The number of amides is 1. The Hall–Kier alpha value is -0.610. The van der Waals surface area contributed by atoms with Crippen LogP contribution in [0.5, 0.6) is 0 Å². The molecular weight excluding hydrogens is 204 g/mol. The van der Waals surface area contributed by atoms with Gasteiger partial charge in [0.1, 0.15) is 0 Å². The number of rotatable bonds is 4. The summed E-state index contributed by atoms with van der Waals surface area (Å²) in [5, 5.41) is 0. The van der Waals surface area contributed by atoms with E-state index in [1.807, 2.05) is 4.90 Å². The third kappa shape index (κ3) is 2.38. The summed E-state index contributed by atoms with van der Waals surface area (Å²) in [4.78, 5) is 14.4. The molecule has 1 saturated heterocycles. The van der Waals surface area contributed by atoms with E-state index in [1.54, 1.807) is 0 Å². The summed E-state index contributed by atoms with van der Waals surface area (Å²) in [6, 6.07) is 0.468. The molecule has 1 heterocycles. The number of ether oxygens (including phenoxy) is 1. The van der Waals surface area contributed by atoms with Crippen molar-refractivity contribution in [3.8, 4) is 0 Å². The molecule has 0 spiro atoms. The summed E-state index contributed by atoms with van der Waals surface area (Å²) >= 11 is 0. The lowest BCUT2D eigenvalue weighted by Gasteiger charge is -2.37. The summed E-state index contributed by atoms with van der Waals surface area (Å²) in [6.45, 7) is 4.19. The third-order valence-corrected chi connectivity index (χ3v) is 3.52. The molecule has 16 heavy (non-hydrogen) atoms. The fraction of sp³-hybridized carbons (Fsp3) is 0.917. The second kappa shape index (κ2) is 4.72. The molecule has 0 bridgehead atoms. The minimum atomic E-state index is -0.657. The molecule has 2 fully saturated rings. The van der Waals surface area contributed by atoms with Gasteiger partial charge in [-0.2, -0.15) is 0 Å². The highest BCUT2D eigenvalue weighted by atomic mass is 16.5. The van der Waals surface area contributed by atoms with E-state index in [0.717, 1.165) is 25.8 Å². The molecule has 0 aromatic heterocycles. The van der Waals surface area contributed by atoms with Gasteiger partial charge in [-0.25, -0.2) is 0 Å². The van der Waals surface area contributed by atoms with Gasteiger partial charge in [0.05, 0.1) is 5.54 Å². The van der Waals surface area contributed by atoms with Crippen LogP contribution >= 0.6 is 0 Å². The molecule has 2 N–H and O–H groups in total. The van der Waals surface area contributed by atoms with Gasteiger partial charge in [0.15, 0.2) is 0 Å². The maximum absolute atomic E-state index is 12.4. The lowest BCUT2D eigenvalue weighted by molar-refractivity contribution is -0.141. The van der Waals surface area contributed by atoms with E-state index in [9.17, 15) is 4.79 Å². The first-order valence-electron chi connectivity index (χ1n) is 6.35. The van der Waals surface area contributed by atoms with Crippen LogP contribution in [0.3, 0.4) is 0 Å². The van der Waals surface area contributed by atoms with E-state index < -0.39 is 5.54 Å². The van der Waals surface area contributed by atoms with Crippen LogP contribution < -0.4 is 5.73 Å². The Morgan fingerprint density at radius 2 is 2.06 bits per heavy atom. The maximum atomic E-state index is 12.4. The molecule has 1 aliphatic heterocycles. The molecule has 4 heteroatoms. The average molecular weight is 226 g/mol. The lowest BCUT2D eigenvalue weighted by Crippen LogP contribution is -2.58. The SMILES string of the molecule is CCCN(C(=O)C1(N)CCOCC1)C1CC1. The quantitative estimate of drug-likeness (QED) is 0.774. The third-order valence-electron chi connectivity index (χ3n) is 3.52. The van der Waals surface area contributed by atoms with Crippen LogP contribution in [0, 0.1) is 0 Å². The van der Waals surface area contributed by atoms with Crippen molar-refractivity contribution in [1.29, 1.82) is 0 Å². The Balaban J connectivity index is 2.02. The Bertz CT molecular complexity index is 258. The van der Waals surface area contributed by atoms with Crippen molar-refractivity contribution in [3.63, 3.8) is 0 Å². The van der Waals surface area contributed by atoms with Crippen molar-refractivity contribution in [2.75, 3.05) is 19.8 Å². The zero-order valence-corrected chi connectivity index (χ0v) is 10.1. The molecule has 4 nitrogen and oxygen atoms in total. The molecule has 0 aromatic rings. The summed E-state index contributed by atoms with van der Waals surface area (Å²) in [6.07, 6.45) is 4.64. The van der Waals surface area contributed by atoms with E-state index in [-0.39, 0.29) is 5.91 Å². The second-order valence-corrected chi connectivity index (χ2v) is 5.00.